The van der Waals surface area contributed by atoms with Gasteiger partial charge >= 0.3 is 0 Å². The third kappa shape index (κ3) is 8.06. The molecule has 0 saturated carbocycles. The van der Waals surface area contributed by atoms with Gasteiger partial charge in [-0.1, -0.05) is 72.4 Å². The predicted octanol–water partition coefficient (Wildman–Crippen LogP) is 5.87. The maximum absolute atomic E-state index is 13.1. The van der Waals surface area contributed by atoms with Gasteiger partial charge in [0.2, 0.25) is 11.8 Å². The van der Waals surface area contributed by atoms with Gasteiger partial charge in [0.25, 0.3) is 0 Å². The van der Waals surface area contributed by atoms with Crippen molar-refractivity contribution in [1.29, 1.82) is 0 Å². The van der Waals surface area contributed by atoms with Crippen molar-refractivity contribution in [1.82, 2.24) is 10.2 Å². The summed E-state index contributed by atoms with van der Waals surface area (Å²) < 4.78 is 0. The van der Waals surface area contributed by atoms with Gasteiger partial charge in [0.15, 0.2) is 0 Å². The van der Waals surface area contributed by atoms with Crippen LogP contribution in [0.3, 0.4) is 0 Å². The smallest absolute Gasteiger partial charge is 0.242 e. The molecular formula is C24H30Cl2N2O2S. The largest absolute Gasteiger partial charge is 0.354 e. The van der Waals surface area contributed by atoms with Crippen molar-refractivity contribution in [2.75, 3.05) is 12.3 Å². The number of amides is 2. The Bertz CT molecular complexity index is 871. The summed E-state index contributed by atoms with van der Waals surface area (Å²) in [6, 6.07) is 12.8. The second-order valence-electron chi connectivity index (χ2n) is 7.52. The summed E-state index contributed by atoms with van der Waals surface area (Å²) in [4.78, 5) is 27.4. The zero-order valence-electron chi connectivity index (χ0n) is 18.3. The molecule has 7 heteroatoms. The lowest BCUT2D eigenvalue weighted by Gasteiger charge is -2.29. The number of benzene rings is 2. The highest BCUT2D eigenvalue weighted by atomic mass is 35.5. The van der Waals surface area contributed by atoms with Crippen LogP contribution >= 0.6 is 35.0 Å². The Balaban J connectivity index is 2.11. The minimum atomic E-state index is -0.628. The van der Waals surface area contributed by atoms with E-state index >= 15 is 0 Å². The maximum Gasteiger partial charge on any atom is 0.242 e. The zero-order valence-corrected chi connectivity index (χ0v) is 20.6. The Morgan fingerprint density at radius 2 is 1.81 bits per heavy atom. The highest BCUT2D eigenvalue weighted by Gasteiger charge is 2.27. The number of halogens is 2. The molecule has 0 saturated heterocycles. The van der Waals surface area contributed by atoms with Crippen molar-refractivity contribution in [2.24, 2.45) is 0 Å². The fourth-order valence-corrected chi connectivity index (χ4v) is 4.49. The Hall–Kier alpha value is -1.69. The van der Waals surface area contributed by atoms with Crippen molar-refractivity contribution in [3.63, 3.8) is 0 Å². The lowest BCUT2D eigenvalue weighted by atomic mass is 10.1. The molecule has 0 bridgehead atoms. The van der Waals surface area contributed by atoms with E-state index in [0.717, 1.165) is 18.6 Å². The summed E-state index contributed by atoms with van der Waals surface area (Å²) in [6.45, 7) is 6.64. The summed E-state index contributed by atoms with van der Waals surface area (Å²) in [5.41, 5.74) is 3.01. The van der Waals surface area contributed by atoms with Crippen LogP contribution in [0.2, 0.25) is 10.0 Å². The van der Waals surface area contributed by atoms with Crippen LogP contribution in [0.25, 0.3) is 0 Å². The quantitative estimate of drug-likeness (QED) is 0.409. The average molecular weight is 481 g/mol. The van der Waals surface area contributed by atoms with E-state index in [9.17, 15) is 9.59 Å². The van der Waals surface area contributed by atoms with Gasteiger partial charge in [0.05, 0.1) is 5.75 Å². The number of hydrogen-bond donors (Lipinski definition) is 1. The maximum atomic E-state index is 13.1. The van der Waals surface area contributed by atoms with Gasteiger partial charge in [-0.25, -0.2) is 0 Å². The van der Waals surface area contributed by atoms with Crippen molar-refractivity contribution in [2.45, 2.75) is 52.0 Å². The van der Waals surface area contributed by atoms with Gasteiger partial charge in [-0.05, 0) is 38.0 Å². The summed E-state index contributed by atoms with van der Waals surface area (Å²) in [5, 5.41) is 3.88. The number of rotatable bonds is 11. The molecule has 0 heterocycles. The molecular weight excluding hydrogens is 451 g/mol. The van der Waals surface area contributed by atoms with E-state index in [4.69, 9.17) is 23.2 Å². The predicted molar refractivity (Wildman–Crippen MR) is 132 cm³/mol. The second-order valence-corrected chi connectivity index (χ2v) is 9.32. The third-order valence-corrected chi connectivity index (χ3v) is 6.66. The molecule has 0 spiro atoms. The lowest BCUT2D eigenvalue weighted by molar-refractivity contribution is -0.138. The molecule has 2 aromatic rings. The van der Waals surface area contributed by atoms with Crippen LogP contribution in [0.4, 0.5) is 0 Å². The molecule has 0 radical (unpaired) electrons. The van der Waals surface area contributed by atoms with Crippen molar-refractivity contribution in [3.8, 4) is 0 Å². The number of thioether (sulfide) groups is 1. The number of nitrogens with one attached hydrogen (secondary N) is 1. The average Bonchev–Trinajstić information content (AvgIpc) is 2.73. The van der Waals surface area contributed by atoms with Crippen LogP contribution in [0.5, 0.6) is 0 Å². The third-order valence-electron chi connectivity index (χ3n) is 4.96. The summed E-state index contributed by atoms with van der Waals surface area (Å²) >= 11 is 14.2. The first kappa shape index (κ1) is 25.6. The second kappa shape index (κ2) is 13.0. The number of nitrogens with zero attached hydrogens (tertiary/aromatic N) is 1. The normalized spacial score (nSPS) is 11.8. The minimum absolute atomic E-state index is 0.119. The van der Waals surface area contributed by atoms with Crippen LogP contribution in [-0.4, -0.2) is 35.1 Å². The molecule has 31 heavy (non-hydrogen) atoms. The van der Waals surface area contributed by atoms with Gasteiger partial charge in [-0.15, -0.1) is 11.8 Å². The van der Waals surface area contributed by atoms with E-state index in [2.05, 4.69) is 24.4 Å². The molecule has 0 aromatic heterocycles. The van der Waals surface area contributed by atoms with Gasteiger partial charge < -0.3 is 10.2 Å². The fraction of sp³-hybridized carbons (Fsp3) is 0.417. The molecule has 0 fully saturated rings. The number of aryl methyl sites for hydroxylation is 1. The molecule has 1 N–H and O–H groups in total. The molecule has 4 nitrogen and oxygen atoms in total. The zero-order chi connectivity index (χ0) is 22.8. The van der Waals surface area contributed by atoms with E-state index in [1.54, 1.807) is 30.0 Å². The van der Waals surface area contributed by atoms with E-state index in [1.807, 2.05) is 19.1 Å². The van der Waals surface area contributed by atoms with Crippen molar-refractivity contribution in [3.05, 3.63) is 69.2 Å². The van der Waals surface area contributed by atoms with Crippen molar-refractivity contribution >= 4 is 46.8 Å². The van der Waals surface area contributed by atoms with Crippen LogP contribution < -0.4 is 5.32 Å². The lowest BCUT2D eigenvalue weighted by Crippen LogP contribution is -2.48. The Kier molecular flexibility index (Phi) is 10.7. The summed E-state index contributed by atoms with van der Waals surface area (Å²) in [5.74, 6) is 0.703. The highest BCUT2D eigenvalue weighted by molar-refractivity contribution is 7.99. The molecule has 2 aromatic carbocycles. The number of carbonyl (C=O) groups is 2. The molecule has 2 amide bonds. The fourth-order valence-electron chi connectivity index (χ4n) is 3.11. The number of carbonyl (C=O) groups excluding carboxylic acids is 2. The number of unbranched alkanes of at least 4 members (excludes halogenated alkanes) is 1. The topological polar surface area (TPSA) is 49.4 Å². The van der Waals surface area contributed by atoms with E-state index in [-0.39, 0.29) is 24.1 Å². The minimum Gasteiger partial charge on any atom is -0.354 e. The van der Waals surface area contributed by atoms with Crippen LogP contribution in [0.1, 0.15) is 43.4 Å². The SMILES string of the molecule is CCCCNC(=O)[C@@H](C)N(Cc1c(Cl)cccc1Cl)C(=O)CSCc1cccc(C)c1. The van der Waals surface area contributed by atoms with Gasteiger partial charge in [-0.2, -0.15) is 0 Å². The molecule has 0 aliphatic carbocycles. The van der Waals surface area contributed by atoms with E-state index < -0.39 is 6.04 Å². The van der Waals surface area contributed by atoms with Crippen molar-refractivity contribution < 1.29 is 9.59 Å². The van der Waals surface area contributed by atoms with Gasteiger partial charge in [0.1, 0.15) is 6.04 Å². The Labute approximate surface area is 199 Å². The van der Waals surface area contributed by atoms with Crippen LogP contribution in [0, 0.1) is 6.92 Å². The van der Waals surface area contributed by atoms with Gasteiger partial charge in [-0.3, -0.25) is 9.59 Å². The first-order chi connectivity index (χ1) is 14.8. The Morgan fingerprint density at radius 3 is 2.45 bits per heavy atom. The first-order valence-corrected chi connectivity index (χ1v) is 12.4. The first-order valence-electron chi connectivity index (χ1n) is 10.5. The molecule has 0 unspecified atom stereocenters. The van der Waals surface area contributed by atoms with Crippen LogP contribution in [0.15, 0.2) is 42.5 Å². The van der Waals surface area contributed by atoms with E-state index in [1.165, 1.54) is 22.9 Å². The monoisotopic (exact) mass is 480 g/mol. The molecule has 2 rings (SSSR count). The standard InChI is InChI=1S/C24H30Cl2N2O2S/c1-4-5-12-27-24(30)18(3)28(14-20-21(25)10-7-11-22(20)26)23(29)16-31-15-19-9-6-8-17(2)13-19/h6-11,13,18H,4-5,12,14-16H2,1-3H3,(H,27,30)/t18-/m1/s1. The Morgan fingerprint density at radius 1 is 1.13 bits per heavy atom. The molecule has 168 valence electrons. The summed E-state index contributed by atoms with van der Waals surface area (Å²) in [7, 11) is 0. The highest BCUT2D eigenvalue weighted by Crippen LogP contribution is 2.27. The number of hydrogen-bond acceptors (Lipinski definition) is 3. The molecule has 1 atom stereocenters. The van der Waals surface area contributed by atoms with Gasteiger partial charge in [0, 0.05) is 34.5 Å². The summed E-state index contributed by atoms with van der Waals surface area (Å²) in [6.07, 6.45) is 1.89. The van der Waals surface area contributed by atoms with Crippen LogP contribution in [-0.2, 0) is 21.9 Å². The van der Waals surface area contributed by atoms with E-state index in [0.29, 0.717) is 22.2 Å². The molecule has 0 aliphatic heterocycles. The molecule has 0 aliphatic rings.